The number of hydrogen-bond donors (Lipinski definition) is 2. The smallest absolute Gasteiger partial charge is 0.305 e. The van der Waals surface area contributed by atoms with Gasteiger partial charge in [0.05, 0.1) is 11.0 Å². The van der Waals surface area contributed by atoms with Crippen molar-refractivity contribution in [2.24, 2.45) is 0 Å². The SMILES string of the molecule is Cc1c(C(C)C)c(C)c2[nH]c(=O)[nH]c2c1C. The van der Waals surface area contributed by atoms with Crippen LogP contribution in [0.1, 0.15) is 42.0 Å². The number of aryl methyl sites for hydroxylation is 2. The number of aromatic nitrogens is 2. The lowest BCUT2D eigenvalue weighted by Gasteiger charge is -2.16. The topological polar surface area (TPSA) is 48.6 Å². The first-order chi connectivity index (χ1) is 7.43. The van der Waals surface area contributed by atoms with E-state index in [2.05, 4.69) is 44.6 Å². The molecule has 0 atom stereocenters. The van der Waals surface area contributed by atoms with Crippen LogP contribution < -0.4 is 5.69 Å². The second-order valence-corrected chi connectivity index (χ2v) is 4.77. The molecule has 0 radical (unpaired) electrons. The molecule has 1 aromatic heterocycles. The third kappa shape index (κ3) is 1.39. The highest BCUT2D eigenvalue weighted by atomic mass is 16.1. The minimum atomic E-state index is -0.124. The minimum Gasteiger partial charge on any atom is -0.305 e. The number of rotatable bonds is 1. The Balaban J connectivity index is 2.99. The molecule has 0 fully saturated rings. The number of aromatic amines is 2. The summed E-state index contributed by atoms with van der Waals surface area (Å²) in [6, 6.07) is 0. The summed E-state index contributed by atoms with van der Waals surface area (Å²) in [6.07, 6.45) is 0. The highest BCUT2D eigenvalue weighted by molar-refractivity contribution is 5.84. The Bertz CT molecular complexity index is 602. The van der Waals surface area contributed by atoms with Crippen LogP contribution in [-0.2, 0) is 0 Å². The Morgan fingerprint density at radius 2 is 1.38 bits per heavy atom. The molecule has 0 aliphatic carbocycles. The van der Waals surface area contributed by atoms with E-state index in [-0.39, 0.29) is 5.69 Å². The number of H-pyrrole nitrogens is 2. The molecule has 0 aliphatic rings. The average molecular weight is 218 g/mol. The van der Waals surface area contributed by atoms with Gasteiger partial charge < -0.3 is 9.97 Å². The molecule has 0 amide bonds. The van der Waals surface area contributed by atoms with Crippen molar-refractivity contribution < 1.29 is 0 Å². The molecule has 0 aliphatic heterocycles. The van der Waals surface area contributed by atoms with Gasteiger partial charge in [0.1, 0.15) is 0 Å². The number of hydrogen-bond acceptors (Lipinski definition) is 1. The van der Waals surface area contributed by atoms with Gasteiger partial charge in [-0.1, -0.05) is 13.8 Å². The highest BCUT2D eigenvalue weighted by Gasteiger charge is 2.15. The molecule has 2 N–H and O–H groups in total. The summed E-state index contributed by atoms with van der Waals surface area (Å²) in [5.41, 5.74) is 6.77. The van der Waals surface area contributed by atoms with Crippen molar-refractivity contribution in [3.63, 3.8) is 0 Å². The lowest BCUT2D eigenvalue weighted by Crippen LogP contribution is -2.00. The van der Waals surface area contributed by atoms with Gasteiger partial charge in [-0.3, -0.25) is 0 Å². The van der Waals surface area contributed by atoms with Gasteiger partial charge in [0.15, 0.2) is 0 Å². The summed E-state index contributed by atoms with van der Waals surface area (Å²) in [6.45, 7) is 10.6. The lowest BCUT2D eigenvalue weighted by molar-refractivity contribution is 0.846. The zero-order chi connectivity index (χ0) is 12.0. The van der Waals surface area contributed by atoms with Crippen molar-refractivity contribution in [1.82, 2.24) is 9.97 Å². The molecule has 3 heteroatoms. The summed E-state index contributed by atoms with van der Waals surface area (Å²) < 4.78 is 0. The fraction of sp³-hybridized carbons (Fsp3) is 0.462. The summed E-state index contributed by atoms with van der Waals surface area (Å²) in [4.78, 5) is 17.1. The lowest BCUT2D eigenvalue weighted by atomic mass is 9.89. The van der Waals surface area contributed by atoms with Crippen LogP contribution >= 0.6 is 0 Å². The van der Waals surface area contributed by atoms with Crippen molar-refractivity contribution in [2.75, 3.05) is 0 Å². The molecule has 16 heavy (non-hydrogen) atoms. The first kappa shape index (κ1) is 11.0. The van der Waals surface area contributed by atoms with E-state index in [1.54, 1.807) is 0 Å². The fourth-order valence-corrected chi connectivity index (χ4v) is 2.62. The summed E-state index contributed by atoms with van der Waals surface area (Å²) >= 11 is 0. The quantitative estimate of drug-likeness (QED) is 0.759. The maximum absolute atomic E-state index is 11.4. The second kappa shape index (κ2) is 3.51. The van der Waals surface area contributed by atoms with Crippen LogP contribution in [0.3, 0.4) is 0 Å². The Hall–Kier alpha value is -1.51. The van der Waals surface area contributed by atoms with Gasteiger partial charge in [-0.05, 0) is 48.9 Å². The molecular formula is C13H18N2O. The first-order valence-electron chi connectivity index (χ1n) is 5.65. The van der Waals surface area contributed by atoms with E-state index in [0.717, 1.165) is 11.0 Å². The Morgan fingerprint density at radius 1 is 0.875 bits per heavy atom. The summed E-state index contributed by atoms with van der Waals surface area (Å²) in [7, 11) is 0. The van der Waals surface area contributed by atoms with Gasteiger partial charge in [-0.25, -0.2) is 4.79 Å². The van der Waals surface area contributed by atoms with Crippen LogP contribution in [-0.4, -0.2) is 9.97 Å². The maximum Gasteiger partial charge on any atom is 0.323 e. The Labute approximate surface area is 94.9 Å². The van der Waals surface area contributed by atoms with Crippen LogP contribution in [0.15, 0.2) is 4.79 Å². The van der Waals surface area contributed by atoms with E-state index in [9.17, 15) is 4.79 Å². The van der Waals surface area contributed by atoms with Gasteiger partial charge in [0, 0.05) is 0 Å². The van der Waals surface area contributed by atoms with Crippen LogP contribution in [0.4, 0.5) is 0 Å². The third-order valence-corrected chi connectivity index (χ3v) is 3.42. The van der Waals surface area contributed by atoms with Gasteiger partial charge in [-0.2, -0.15) is 0 Å². The largest absolute Gasteiger partial charge is 0.323 e. The Kier molecular flexibility index (Phi) is 2.41. The number of fused-ring (bicyclic) bond motifs is 1. The molecule has 0 saturated heterocycles. The van der Waals surface area contributed by atoms with Crippen molar-refractivity contribution >= 4 is 11.0 Å². The molecule has 1 aromatic carbocycles. The Morgan fingerprint density at radius 3 is 1.88 bits per heavy atom. The molecule has 0 saturated carbocycles. The normalized spacial score (nSPS) is 11.6. The van der Waals surface area contributed by atoms with E-state index >= 15 is 0 Å². The fourth-order valence-electron chi connectivity index (χ4n) is 2.62. The predicted molar refractivity (Wildman–Crippen MR) is 67.2 cm³/mol. The second-order valence-electron chi connectivity index (χ2n) is 4.77. The van der Waals surface area contributed by atoms with Crippen LogP contribution in [0.2, 0.25) is 0 Å². The minimum absolute atomic E-state index is 0.124. The van der Waals surface area contributed by atoms with E-state index in [4.69, 9.17) is 0 Å². The third-order valence-electron chi connectivity index (χ3n) is 3.42. The standard InChI is InChI=1S/C13H18N2O/c1-6(2)10-7(3)8(4)11-12(9(10)5)15-13(16)14-11/h6H,1-5H3,(H2,14,15,16). The van der Waals surface area contributed by atoms with Crippen molar-refractivity contribution in [3.8, 4) is 0 Å². The van der Waals surface area contributed by atoms with Gasteiger partial charge in [0.25, 0.3) is 0 Å². The van der Waals surface area contributed by atoms with E-state index in [1.807, 2.05) is 0 Å². The van der Waals surface area contributed by atoms with Crippen molar-refractivity contribution in [2.45, 2.75) is 40.5 Å². The van der Waals surface area contributed by atoms with Crippen LogP contribution in [0.5, 0.6) is 0 Å². The first-order valence-corrected chi connectivity index (χ1v) is 5.65. The van der Waals surface area contributed by atoms with Crippen LogP contribution in [0.25, 0.3) is 11.0 Å². The highest BCUT2D eigenvalue weighted by Crippen LogP contribution is 2.31. The molecule has 1 heterocycles. The molecule has 0 spiro atoms. The van der Waals surface area contributed by atoms with Crippen molar-refractivity contribution in [1.29, 1.82) is 0 Å². The average Bonchev–Trinajstić information content (AvgIpc) is 2.57. The molecular weight excluding hydrogens is 200 g/mol. The molecule has 3 nitrogen and oxygen atoms in total. The zero-order valence-electron chi connectivity index (χ0n) is 10.5. The maximum atomic E-state index is 11.4. The predicted octanol–water partition coefficient (Wildman–Crippen LogP) is 2.90. The van der Waals surface area contributed by atoms with Crippen molar-refractivity contribution in [3.05, 3.63) is 32.7 Å². The van der Waals surface area contributed by atoms with Gasteiger partial charge >= 0.3 is 5.69 Å². The molecule has 2 aromatic rings. The van der Waals surface area contributed by atoms with E-state index in [1.165, 1.54) is 22.3 Å². The van der Waals surface area contributed by atoms with E-state index < -0.39 is 0 Å². The molecule has 0 unspecified atom stereocenters. The van der Waals surface area contributed by atoms with Gasteiger partial charge in [-0.15, -0.1) is 0 Å². The van der Waals surface area contributed by atoms with Crippen LogP contribution in [0, 0.1) is 20.8 Å². The number of nitrogens with one attached hydrogen (secondary N) is 2. The number of benzene rings is 1. The molecule has 0 bridgehead atoms. The molecule has 86 valence electrons. The van der Waals surface area contributed by atoms with Gasteiger partial charge in [0.2, 0.25) is 0 Å². The summed E-state index contributed by atoms with van der Waals surface area (Å²) in [5.74, 6) is 0.474. The zero-order valence-corrected chi connectivity index (χ0v) is 10.5. The monoisotopic (exact) mass is 218 g/mol. The summed E-state index contributed by atoms with van der Waals surface area (Å²) in [5, 5.41) is 0. The van der Waals surface area contributed by atoms with E-state index in [0.29, 0.717) is 5.92 Å². The molecule has 2 rings (SSSR count). The number of imidazole rings is 1.